The van der Waals surface area contributed by atoms with Crippen molar-refractivity contribution in [3.63, 3.8) is 0 Å². The summed E-state index contributed by atoms with van der Waals surface area (Å²) in [5.74, 6) is -0.0786. The van der Waals surface area contributed by atoms with E-state index in [-0.39, 0.29) is 18.5 Å². The van der Waals surface area contributed by atoms with Gasteiger partial charge < -0.3 is 15.0 Å². The molecule has 1 saturated heterocycles. The van der Waals surface area contributed by atoms with E-state index >= 15 is 0 Å². The monoisotopic (exact) mass is 259 g/mol. The van der Waals surface area contributed by atoms with E-state index in [1.54, 1.807) is 4.90 Å². The second kappa shape index (κ2) is 6.88. The lowest BCUT2D eigenvalue weighted by atomic mass is 10.2. The van der Waals surface area contributed by atoms with Crippen molar-refractivity contribution in [1.29, 1.82) is 5.26 Å². The molecule has 5 nitrogen and oxygen atoms in total. The molecule has 0 spiro atoms. The maximum Gasteiger partial charge on any atom is 0.243 e. The lowest BCUT2D eigenvalue weighted by molar-refractivity contribution is -0.136. The normalized spacial score (nSPS) is 18.6. The second-order valence-corrected chi connectivity index (χ2v) is 4.42. The predicted octanol–water partition coefficient (Wildman–Crippen LogP) is 0.527. The van der Waals surface area contributed by atoms with Gasteiger partial charge in [0.1, 0.15) is 12.6 Å². The number of amides is 1. The van der Waals surface area contributed by atoms with Gasteiger partial charge in [-0.2, -0.15) is 5.26 Å². The van der Waals surface area contributed by atoms with Crippen molar-refractivity contribution in [3.8, 4) is 6.07 Å². The van der Waals surface area contributed by atoms with Gasteiger partial charge in [-0.15, -0.1) is 0 Å². The Hall–Kier alpha value is -1.90. The highest BCUT2D eigenvalue weighted by atomic mass is 16.5. The fraction of sp³-hybridized carbons (Fsp3) is 0.429. The van der Waals surface area contributed by atoms with E-state index in [1.807, 2.05) is 36.4 Å². The van der Waals surface area contributed by atoms with Gasteiger partial charge in [-0.3, -0.25) is 4.79 Å². The molecule has 2 rings (SSSR count). The Labute approximate surface area is 112 Å². The molecule has 0 aliphatic carbocycles. The summed E-state index contributed by atoms with van der Waals surface area (Å²) in [6.07, 6.45) is 0. The van der Waals surface area contributed by atoms with Crippen LogP contribution in [0.25, 0.3) is 0 Å². The molecule has 19 heavy (non-hydrogen) atoms. The molecule has 1 aromatic rings. The predicted molar refractivity (Wildman–Crippen MR) is 70.1 cm³/mol. The largest absolute Gasteiger partial charge is 0.378 e. The van der Waals surface area contributed by atoms with E-state index in [4.69, 9.17) is 10.00 Å². The quantitative estimate of drug-likeness (QED) is 0.801. The van der Waals surface area contributed by atoms with Crippen molar-refractivity contribution in [3.05, 3.63) is 35.9 Å². The lowest BCUT2D eigenvalue weighted by Crippen LogP contribution is -2.52. The van der Waals surface area contributed by atoms with E-state index in [1.165, 1.54) is 0 Å². The van der Waals surface area contributed by atoms with Crippen LogP contribution < -0.4 is 5.32 Å². The van der Waals surface area contributed by atoms with Crippen LogP contribution in [0.2, 0.25) is 0 Å². The van der Waals surface area contributed by atoms with Crippen LogP contribution in [0.4, 0.5) is 0 Å². The number of hydrogen-bond donors (Lipinski definition) is 1. The molecule has 1 aromatic carbocycles. The molecule has 100 valence electrons. The molecule has 1 aliphatic heterocycles. The number of rotatable bonds is 4. The van der Waals surface area contributed by atoms with Crippen molar-refractivity contribution in [2.45, 2.75) is 12.6 Å². The van der Waals surface area contributed by atoms with Crippen molar-refractivity contribution in [2.75, 3.05) is 26.3 Å². The fourth-order valence-corrected chi connectivity index (χ4v) is 2.05. The molecule has 1 N–H and O–H groups in total. The first-order valence-corrected chi connectivity index (χ1v) is 6.32. The van der Waals surface area contributed by atoms with Crippen LogP contribution in [-0.2, 0) is 16.1 Å². The van der Waals surface area contributed by atoms with Gasteiger partial charge in [-0.05, 0) is 5.56 Å². The topological polar surface area (TPSA) is 65.4 Å². The highest BCUT2D eigenvalue weighted by Crippen LogP contribution is 2.07. The lowest BCUT2D eigenvalue weighted by Gasteiger charge is -2.28. The van der Waals surface area contributed by atoms with Crippen LogP contribution in [0, 0.1) is 11.3 Å². The SMILES string of the molecule is N#CCN(Cc1ccccc1)C(=O)C1COCCN1. The smallest absolute Gasteiger partial charge is 0.243 e. The average molecular weight is 259 g/mol. The van der Waals surface area contributed by atoms with Gasteiger partial charge in [0.25, 0.3) is 0 Å². The molecule has 1 aliphatic rings. The number of hydrogen-bond acceptors (Lipinski definition) is 4. The van der Waals surface area contributed by atoms with E-state index in [0.29, 0.717) is 26.3 Å². The van der Waals surface area contributed by atoms with E-state index in [2.05, 4.69) is 5.32 Å². The summed E-state index contributed by atoms with van der Waals surface area (Å²) in [4.78, 5) is 13.9. The zero-order valence-corrected chi connectivity index (χ0v) is 10.7. The van der Waals surface area contributed by atoms with E-state index < -0.39 is 0 Å². The Balaban J connectivity index is 2.02. The Kier molecular flexibility index (Phi) is 4.90. The van der Waals surface area contributed by atoms with Gasteiger partial charge in [-0.25, -0.2) is 0 Å². The van der Waals surface area contributed by atoms with Gasteiger partial charge in [0.15, 0.2) is 0 Å². The van der Waals surface area contributed by atoms with Gasteiger partial charge in [0, 0.05) is 13.1 Å². The van der Waals surface area contributed by atoms with Crippen LogP contribution in [0.5, 0.6) is 0 Å². The van der Waals surface area contributed by atoms with Crippen LogP contribution in [0.1, 0.15) is 5.56 Å². The summed E-state index contributed by atoms with van der Waals surface area (Å²) in [7, 11) is 0. The minimum atomic E-state index is -0.342. The first-order valence-electron chi connectivity index (χ1n) is 6.32. The first kappa shape index (κ1) is 13.5. The number of nitriles is 1. The Bertz CT molecular complexity index is 450. The number of morpholine rings is 1. The van der Waals surface area contributed by atoms with E-state index in [0.717, 1.165) is 5.56 Å². The molecule has 0 aromatic heterocycles. The number of benzene rings is 1. The zero-order valence-electron chi connectivity index (χ0n) is 10.7. The summed E-state index contributed by atoms with van der Waals surface area (Å²) in [5.41, 5.74) is 1.02. The third-order valence-corrected chi connectivity index (χ3v) is 3.01. The zero-order chi connectivity index (χ0) is 13.5. The minimum absolute atomic E-state index is 0.0786. The van der Waals surface area contributed by atoms with Crippen molar-refractivity contribution in [2.24, 2.45) is 0 Å². The summed E-state index contributed by atoms with van der Waals surface area (Å²) in [6, 6.07) is 11.4. The molecule has 1 amide bonds. The average Bonchev–Trinajstić information content (AvgIpc) is 2.48. The molecule has 1 atom stereocenters. The fourth-order valence-electron chi connectivity index (χ4n) is 2.05. The third kappa shape index (κ3) is 3.78. The minimum Gasteiger partial charge on any atom is -0.378 e. The van der Waals surface area contributed by atoms with Crippen LogP contribution >= 0.6 is 0 Å². The van der Waals surface area contributed by atoms with Gasteiger partial charge in [0.05, 0.1) is 19.3 Å². The first-order chi connectivity index (χ1) is 9.31. The highest BCUT2D eigenvalue weighted by Gasteiger charge is 2.26. The molecular formula is C14H17N3O2. The van der Waals surface area contributed by atoms with Crippen molar-refractivity contribution >= 4 is 5.91 Å². The second-order valence-electron chi connectivity index (χ2n) is 4.42. The Morgan fingerprint density at radius 3 is 2.89 bits per heavy atom. The molecule has 1 unspecified atom stereocenters. The van der Waals surface area contributed by atoms with Crippen LogP contribution in [0.15, 0.2) is 30.3 Å². The standard InChI is InChI=1S/C14H17N3O2/c15-6-8-17(10-12-4-2-1-3-5-12)14(18)13-11-19-9-7-16-13/h1-5,13,16H,7-11H2. The van der Waals surface area contributed by atoms with Gasteiger partial charge >= 0.3 is 0 Å². The number of ether oxygens (including phenoxy) is 1. The van der Waals surface area contributed by atoms with E-state index in [9.17, 15) is 4.79 Å². The molecule has 5 heteroatoms. The number of carbonyl (C=O) groups is 1. The highest BCUT2D eigenvalue weighted by molar-refractivity contribution is 5.82. The summed E-state index contributed by atoms with van der Waals surface area (Å²) < 4.78 is 5.29. The molecule has 1 heterocycles. The third-order valence-electron chi connectivity index (χ3n) is 3.01. The molecule has 0 radical (unpaired) electrons. The summed E-state index contributed by atoms with van der Waals surface area (Å²) >= 11 is 0. The molecular weight excluding hydrogens is 242 g/mol. The summed E-state index contributed by atoms with van der Waals surface area (Å²) in [6.45, 7) is 2.20. The Morgan fingerprint density at radius 1 is 1.47 bits per heavy atom. The van der Waals surface area contributed by atoms with Gasteiger partial charge in [0.2, 0.25) is 5.91 Å². The molecule has 1 fully saturated rings. The molecule has 0 saturated carbocycles. The maximum atomic E-state index is 12.3. The van der Waals surface area contributed by atoms with Crippen LogP contribution in [-0.4, -0.2) is 43.2 Å². The number of nitrogens with zero attached hydrogens (tertiary/aromatic N) is 2. The Morgan fingerprint density at radius 2 is 2.26 bits per heavy atom. The summed E-state index contributed by atoms with van der Waals surface area (Å²) in [5, 5.41) is 12.0. The van der Waals surface area contributed by atoms with Crippen molar-refractivity contribution in [1.82, 2.24) is 10.2 Å². The maximum absolute atomic E-state index is 12.3. The van der Waals surface area contributed by atoms with Crippen molar-refractivity contribution < 1.29 is 9.53 Å². The van der Waals surface area contributed by atoms with Gasteiger partial charge in [-0.1, -0.05) is 30.3 Å². The molecule has 0 bridgehead atoms. The number of carbonyl (C=O) groups excluding carboxylic acids is 1. The van der Waals surface area contributed by atoms with Crippen LogP contribution in [0.3, 0.4) is 0 Å². The number of nitrogens with one attached hydrogen (secondary N) is 1.